The lowest BCUT2D eigenvalue weighted by atomic mass is 10.1. The molecule has 0 saturated carbocycles. The van der Waals surface area contributed by atoms with Crippen molar-refractivity contribution >= 4 is 0 Å². The van der Waals surface area contributed by atoms with E-state index in [4.69, 9.17) is 4.52 Å². The third-order valence-corrected chi connectivity index (χ3v) is 3.55. The Hall–Kier alpha value is -0.870. The molecule has 0 amide bonds. The Morgan fingerprint density at radius 1 is 1.40 bits per heavy atom. The molecule has 1 aromatic rings. The maximum absolute atomic E-state index is 5.34. The Morgan fingerprint density at radius 3 is 3.00 bits per heavy atom. The lowest BCUT2D eigenvalue weighted by molar-refractivity contribution is 0.172. The van der Waals surface area contributed by atoms with Gasteiger partial charge in [-0.2, -0.15) is 0 Å². The molecule has 1 fully saturated rings. The highest BCUT2D eigenvalue weighted by Gasteiger charge is 2.33. The summed E-state index contributed by atoms with van der Waals surface area (Å²) >= 11 is 0. The summed E-state index contributed by atoms with van der Waals surface area (Å²) in [5.74, 6) is 1.12. The zero-order chi connectivity index (χ0) is 10.3. The topological polar surface area (TPSA) is 41.3 Å². The second-order valence-electron chi connectivity index (χ2n) is 4.45. The van der Waals surface area contributed by atoms with E-state index in [0.717, 1.165) is 44.1 Å². The SMILES string of the molecule is Cc1noc2c1C(N1CCNCC1)CC2. The van der Waals surface area contributed by atoms with Crippen molar-refractivity contribution in [1.29, 1.82) is 0 Å². The first-order valence-electron chi connectivity index (χ1n) is 5.76. The Balaban J connectivity index is 1.85. The quantitative estimate of drug-likeness (QED) is 0.742. The Morgan fingerprint density at radius 2 is 2.20 bits per heavy atom. The molecular formula is C11H17N3O. The number of hydrogen-bond acceptors (Lipinski definition) is 4. The van der Waals surface area contributed by atoms with Gasteiger partial charge in [0.2, 0.25) is 0 Å². The van der Waals surface area contributed by atoms with E-state index in [-0.39, 0.29) is 0 Å². The van der Waals surface area contributed by atoms with Crippen molar-refractivity contribution in [3.8, 4) is 0 Å². The molecule has 0 aromatic carbocycles. The van der Waals surface area contributed by atoms with Gasteiger partial charge in [-0.05, 0) is 13.3 Å². The van der Waals surface area contributed by atoms with Crippen LogP contribution < -0.4 is 5.32 Å². The molecule has 1 saturated heterocycles. The van der Waals surface area contributed by atoms with Crippen LogP contribution in [0.1, 0.15) is 29.5 Å². The fourth-order valence-corrected chi connectivity index (χ4v) is 2.80. The van der Waals surface area contributed by atoms with E-state index in [2.05, 4.69) is 22.3 Å². The molecular weight excluding hydrogens is 190 g/mol. The van der Waals surface area contributed by atoms with Crippen molar-refractivity contribution in [3.63, 3.8) is 0 Å². The fourth-order valence-electron chi connectivity index (χ4n) is 2.80. The van der Waals surface area contributed by atoms with Crippen LogP contribution in [0.3, 0.4) is 0 Å². The molecule has 0 spiro atoms. The molecule has 4 heteroatoms. The third kappa shape index (κ3) is 1.48. The molecule has 1 aliphatic heterocycles. The fraction of sp³-hybridized carbons (Fsp3) is 0.727. The van der Waals surface area contributed by atoms with Crippen LogP contribution in [0.25, 0.3) is 0 Å². The van der Waals surface area contributed by atoms with Crippen LogP contribution in [0.5, 0.6) is 0 Å². The van der Waals surface area contributed by atoms with Crippen LogP contribution in [-0.4, -0.2) is 36.2 Å². The normalized spacial score (nSPS) is 26.9. The maximum atomic E-state index is 5.34. The summed E-state index contributed by atoms with van der Waals surface area (Å²) in [6.07, 6.45) is 2.27. The number of nitrogens with zero attached hydrogens (tertiary/aromatic N) is 2. The van der Waals surface area contributed by atoms with Crippen LogP contribution in [0, 0.1) is 6.92 Å². The van der Waals surface area contributed by atoms with Gasteiger partial charge in [0.1, 0.15) is 5.76 Å². The number of rotatable bonds is 1. The summed E-state index contributed by atoms with van der Waals surface area (Å²) < 4.78 is 5.34. The highest BCUT2D eigenvalue weighted by atomic mass is 16.5. The summed E-state index contributed by atoms with van der Waals surface area (Å²) in [6.45, 7) is 6.57. The zero-order valence-electron chi connectivity index (χ0n) is 9.12. The Labute approximate surface area is 89.6 Å². The minimum Gasteiger partial charge on any atom is -0.361 e. The summed E-state index contributed by atoms with van der Waals surface area (Å²) in [4.78, 5) is 2.56. The van der Waals surface area contributed by atoms with Crippen LogP contribution in [0.4, 0.5) is 0 Å². The van der Waals surface area contributed by atoms with Gasteiger partial charge in [0, 0.05) is 44.2 Å². The monoisotopic (exact) mass is 207 g/mol. The van der Waals surface area contributed by atoms with Gasteiger partial charge in [-0.15, -0.1) is 0 Å². The molecule has 2 aliphatic rings. The van der Waals surface area contributed by atoms with Gasteiger partial charge in [-0.3, -0.25) is 4.90 Å². The minimum atomic E-state index is 0.563. The van der Waals surface area contributed by atoms with E-state index in [9.17, 15) is 0 Å². The Kier molecular flexibility index (Phi) is 2.25. The Bertz CT molecular complexity index is 355. The first kappa shape index (κ1) is 9.36. The van der Waals surface area contributed by atoms with Crippen LogP contribution >= 0.6 is 0 Å². The number of aryl methyl sites for hydroxylation is 2. The lowest BCUT2D eigenvalue weighted by Gasteiger charge is -2.32. The van der Waals surface area contributed by atoms with Crippen molar-refractivity contribution in [3.05, 3.63) is 17.0 Å². The van der Waals surface area contributed by atoms with Gasteiger partial charge in [0.25, 0.3) is 0 Å². The van der Waals surface area contributed by atoms with Gasteiger partial charge >= 0.3 is 0 Å². The molecule has 1 aromatic heterocycles. The van der Waals surface area contributed by atoms with Crippen LogP contribution in [-0.2, 0) is 6.42 Å². The predicted octanol–water partition coefficient (Wildman–Crippen LogP) is 0.876. The number of hydrogen-bond donors (Lipinski definition) is 1. The average molecular weight is 207 g/mol. The third-order valence-electron chi connectivity index (χ3n) is 3.55. The first-order valence-corrected chi connectivity index (χ1v) is 5.76. The van der Waals surface area contributed by atoms with Gasteiger partial charge in [-0.25, -0.2) is 0 Å². The van der Waals surface area contributed by atoms with E-state index < -0.39 is 0 Å². The molecule has 3 rings (SSSR count). The van der Waals surface area contributed by atoms with Gasteiger partial charge in [-0.1, -0.05) is 5.16 Å². The van der Waals surface area contributed by atoms with Gasteiger partial charge in [0.05, 0.1) is 5.69 Å². The molecule has 1 aliphatic carbocycles. The lowest BCUT2D eigenvalue weighted by Crippen LogP contribution is -2.44. The maximum Gasteiger partial charge on any atom is 0.141 e. The standard InChI is InChI=1S/C11H17N3O/c1-8-11-9(2-3-10(11)15-13-8)14-6-4-12-5-7-14/h9,12H,2-7H2,1H3. The second-order valence-corrected chi connectivity index (χ2v) is 4.45. The summed E-state index contributed by atoms with van der Waals surface area (Å²) in [5.41, 5.74) is 2.46. The molecule has 15 heavy (non-hydrogen) atoms. The summed E-state index contributed by atoms with van der Waals surface area (Å²) in [5, 5.41) is 7.46. The molecule has 82 valence electrons. The number of nitrogens with one attached hydrogen (secondary N) is 1. The van der Waals surface area contributed by atoms with Gasteiger partial charge in [0.15, 0.2) is 0 Å². The number of piperazine rings is 1. The van der Waals surface area contributed by atoms with E-state index >= 15 is 0 Å². The van der Waals surface area contributed by atoms with Crippen molar-refractivity contribution in [1.82, 2.24) is 15.4 Å². The van der Waals surface area contributed by atoms with E-state index in [1.54, 1.807) is 0 Å². The minimum absolute atomic E-state index is 0.563. The van der Waals surface area contributed by atoms with Crippen molar-refractivity contribution in [2.45, 2.75) is 25.8 Å². The highest BCUT2D eigenvalue weighted by Crippen LogP contribution is 2.37. The van der Waals surface area contributed by atoms with Crippen molar-refractivity contribution < 1.29 is 4.52 Å². The van der Waals surface area contributed by atoms with Crippen LogP contribution in [0.2, 0.25) is 0 Å². The molecule has 1 unspecified atom stereocenters. The first-order chi connectivity index (χ1) is 7.36. The molecule has 0 radical (unpaired) electrons. The largest absolute Gasteiger partial charge is 0.361 e. The highest BCUT2D eigenvalue weighted by molar-refractivity contribution is 5.30. The smallest absolute Gasteiger partial charge is 0.141 e. The molecule has 1 atom stereocenters. The van der Waals surface area contributed by atoms with Crippen LogP contribution in [0.15, 0.2) is 4.52 Å². The summed E-state index contributed by atoms with van der Waals surface area (Å²) in [6, 6.07) is 0.563. The molecule has 1 N–H and O–H groups in total. The zero-order valence-corrected chi connectivity index (χ0v) is 9.12. The van der Waals surface area contributed by atoms with E-state index in [1.807, 2.05) is 0 Å². The second kappa shape index (κ2) is 3.61. The molecule has 0 bridgehead atoms. The van der Waals surface area contributed by atoms with Crippen molar-refractivity contribution in [2.75, 3.05) is 26.2 Å². The summed E-state index contributed by atoms with van der Waals surface area (Å²) in [7, 11) is 0. The predicted molar refractivity (Wildman–Crippen MR) is 56.7 cm³/mol. The molecule has 2 heterocycles. The van der Waals surface area contributed by atoms with Gasteiger partial charge < -0.3 is 9.84 Å². The van der Waals surface area contributed by atoms with Crippen molar-refractivity contribution in [2.24, 2.45) is 0 Å². The van der Waals surface area contributed by atoms with E-state index in [0.29, 0.717) is 6.04 Å². The number of aromatic nitrogens is 1. The van der Waals surface area contributed by atoms with E-state index in [1.165, 1.54) is 12.0 Å². The average Bonchev–Trinajstić information content (AvgIpc) is 2.84. The molecule has 4 nitrogen and oxygen atoms in total. The number of fused-ring (bicyclic) bond motifs is 1.